The number of hydrogen-bond donors (Lipinski definition) is 0. The molecule has 5 heteroatoms. The van der Waals surface area contributed by atoms with Gasteiger partial charge in [-0.3, -0.25) is 4.79 Å². The molecule has 0 bridgehead atoms. The third-order valence-corrected chi connectivity index (χ3v) is 3.94. The molecule has 0 radical (unpaired) electrons. The summed E-state index contributed by atoms with van der Waals surface area (Å²) in [6, 6.07) is 11.9. The minimum atomic E-state index is 0.199. The van der Waals surface area contributed by atoms with Crippen LogP contribution in [0.5, 0.6) is 0 Å². The summed E-state index contributed by atoms with van der Waals surface area (Å²) in [5.41, 5.74) is 2.04. The van der Waals surface area contributed by atoms with Crippen LogP contribution in [0, 0.1) is 6.92 Å². The third-order valence-electron chi connectivity index (χ3n) is 3.94. The Kier molecular flexibility index (Phi) is 4.32. The van der Waals surface area contributed by atoms with Gasteiger partial charge in [0.25, 0.3) is 0 Å². The topological polar surface area (TPSA) is 49.3 Å². The molecule has 1 aromatic carbocycles. The van der Waals surface area contributed by atoms with E-state index in [2.05, 4.69) is 14.9 Å². The normalized spacial score (nSPS) is 15.0. The van der Waals surface area contributed by atoms with E-state index in [-0.39, 0.29) is 5.91 Å². The highest BCUT2D eigenvalue weighted by molar-refractivity contribution is 5.79. The monoisotopic (exact) mass is 296 g/mol. The molecular weight excluding hydrogens is 276 g/mol. The molecule has 1 aromatic heterocycles. The minimum Gasteiger partial charge on any atom is -0.353 e. The highest BCUT2D eigenvalue weighted by Gasteiger charge is 2.21. The van der Waals surface area contributed by atoms with Gasteiger partial charge in [0.2, 0.25) is 5.91 Å². The fourth-order valence-electron chi connectivity index (χ4n) is 2.68. The van der Waals surface area contributed by atoms with Crippen molar-refractivity contribution in [3.05, 3.63) is 54.0 Å². The zero-order valence-electron chi connectivity index (χ0n) is 12.8. The average Bonchev–Trinajstić information content (AvgIpc) is 2.56. The predicted octanol–water partition coefficient (Wildman–Crippen LogP) is 1.68. The predicted molar refractivity (Wildman–Crippen MR) is 85.7 cm³/mol. The molecule has 2 aromatic rings. The number of nitrogens with zero attached hydrogens (tertiary/aromatic N) is 4. The Bertz CT molecular complexity index is 636. The molecule has 1 fully saturated rings. The molecule has 22 heavy (non-hydrogen) atoms. The average molecular weight is 296 g/mol. The van der Waals surface area contributed by atoms with E-state index in [4.69, 9.17) is 0 Å². The third kappa shape index (κ3) is 3.42. The number of amides is 1. The van der Waals surface area contributed by atoms with Crippen LogP contribution in [0.4, 0.5) is 5.82 Å². The Morgan fingerprint density at radius 2 is 1.82 bits per heavy atom. The summed E-state index contributed by atoms with van der Waals surface area (Å²) in [6.45, 7) is 5.09. The van der Waals surface area contributed by atoms with E-state index in [9.17, 15) is 4.79 Å². The summed E-state index contributed by atoms with van der Waals surface area (Å²) < 4.78 is 0. The Morgan fingerprint density at radius 1 is 1.09 bits per heavy atom. The van der Waals surface area contributed by atoms with E-state index in [1.807, 2.05) is 48.2 Å². The number of hydrogen-bond acceptors (Lipinski definition) is 4. The van der Waals surface area contributed by atoms with Gasteiger partial charge in [-0.25, -0.2) is 9.97 Å². The number of anilines is 1. The second-order valence-electron chi connectivity index (χ2n) is 5.55. The Morgan fingerprint density at radius 3 is 2.50 bits per heavy atom. The van der Waals surface area contributed by atoms with Gasteiger partial charge in [0, 0.05) is 37.9 Å². The summed E-state index contributed by atoms with van der Waals surface area (Å²) in [4.78, 5) is 24.9. The van der Waals surface area contributed by atoms with E-state index in [1.54, 1.807) is 6.33 Å². The first kappa shape index (κ1) is 14.5. The van der Waals surface area contributed by atoms with Crippen LogP contribution in [0.2, 0.25) is 0 Å². The lowest BCUT2D eigenvalue weighted by Crippen LogP contribution is -2.49. The molecule has 1 saturated heterocycles. The lowest BCUT2D eigenvalue weighted by molar-refractivity contribution is -0.130. The molecule has 0 spiro atoms. The molecular formula is C17H20N4O. The lowest BCUT2D eigenvalue weighted by atomic mass is 10.1. The first-order valence-electron chi connectivity index (χ1n) is 7.58. The number of carbonyl (C=O) groups excluding carboxylic acids is 1. The van der Waals surface area contributed by atoms with Crippen LogP contribution < -0.4 is 4.90 Å². The van der Waals surface area contributed by atoms with E-state index in [1.165, 1.54) is 0 Å². The second kappa shape index (κ2) is 6.56. The number of piperazine rings is 1. The van der Waals surface area contributed by atoms with E-state index in [0.29, 0.717) is 6.42 Å². The molecule has 0 aliphatic carbocycles. The number of rotatable bonds is 3. The van der Waals surface area contributed by atoms with Crippen LogP contribution in [-0.2, 0) is 11.2 Å². The standard InChI is InChI=1S/C17H20N4O/c1-14-11-16(19-13-18-14)20-7-9-21(10-8-20)17(22)12-15-5-3-2-4-6-15/h2-6,11,13H,7-10,12H2,1H3. The van der Waals surface area contributed by atoms with Gasteiger partial charge < -0.3 is 9.80 Å². The van der Waals surface area contributed by atoms with Crippen LogP contribution >= 0.6 is 0 Å². The van der Waals surface area contributed by atoms with Crippen LogP contribution in [0.3, 0.4) is 0 Å². The molecule has 1 amide bonds. The Labute approximate surface area is 130 Å². The Balaban J connectivity index is 1.56. The zero-order chi connectivity index (χ0) is 15.4. The second-order valence-corrected chi connectivity index (χ2v) is 5.55. The summed E-state index contributed by atoms with van der Waals surface area (Å²) in [5.74, 6) is 1.15. The van der Waals surface area contributed by atoms with Gasteiger partial charge >= 0.3 is 0 Å². The first-order valence-corrected chi connectivity index (χ1v) is 7.58. The molecule has 2 heterocycles. The van der Waals surface area contributed by atoms with Crippen LogP contribution in [-0.4, -0.2) is 47.0 Å². The van der Waals surface area contributed by atoms with Crippen molar-refractivity contribution in [3.8, 4) is 0 Å². The van der Waals surface area contributed by atoms with Gasteiger partial charge in [-0.1, -0.05) is 30.3 Å². The van der Waals surface area contributed by atoms with Gasteiger partial charge in [-0.2, -0.15) is 0 Å². The molecule has 3 rings (SSSR count). The number of carbonyl (C=O) groups is 1. The highest BCUT2D eigenvalue weighted by atomic mass is 16.2. The fourth-order valence-corrected chi connectivity index (χ4v) is 2.68. The SMILES string of the molecule is Cc1cc(N2CCN(C(=O)Cc3ccccc3)CC2)ncn1. The maximum absolute atomic E-state index is 12.3. The maximum Gasteiger partial charge on any atom is 0.227 e. The molecule has 114 valence electrons. The quantitative estimate of drug-likeness (QED) is 0.864. The number of aromatic nitrogens is 2. The Hall–Kier alpha value is -2.43. The largest absolute Gasteiger partial charge is 0.353 e. The molecule has 0 unspecified atom stereocenters. The summed E-state index contributed by atoms with van der Waals surface area (Å²) in [5, 5.41) is 0. The number of aryl methyl sites for hydroxylation is 1. The summed E-state index contributed by atoms with van der Waals surface area (Å²) in [7, 11) is 0. The van der Waals surface area contributed by atoms with Gasteiger partial charge in [0.1, 0.15) is 12.1 Å². The van der Waals surface area contributed by atoms with Gasteiger partial charge in [-0.05, 0) is 12.5 Å². The van der Waals surface area contributed by atoms with Crippen molar-refractivity contribution in [2.24, 2.45) is 0 Å². The van der Waals surface area contributed by atoms with Gasteiger partial charge in [-0.15, -0.1) is 0 Å². The van der Waals surface area contributed by atoms with Gasteiger partial charge in [0.15, 0.2) is 0 Å². The first-order chi connectivity index (χ1) is 10.7. The van der Waals surface area contributed by atoms with Crippen molar-refractivity contribution in [3.63, 3.8) is 0 Å². The molecule has 1 aliphatic heterocycles. The highest BCUT2D eigenvalue weighted by Crippen LogP contribution is 2.14. The van der Waals surface area contributed by atoms with Crippen molar-refractivity contribution >= 4 is 11.7 Å². The lowest BCUT2D eigenvalue weighted by Gasteiger charge is -2.35. The van der Waals surface area contributed by atoms with Crippen molar-refractivity contribution < 1.29 is 4.79 Å². The van der Waals surface area contributed by atoms with Gasteiger partial charge in [0.05, 0.1) is 6.42 Å². The summed E-state index contributed by atoms with van der Waals surface area (Å²) in [6.07, 6.45) is 2.07. The van der Waals surface area contributed by atoms with Crippen molar-refractivity contribution in [1.29, 1.82) is 0 Å². The molecule has 0 saturated carbocycles. The molecule has 1 aliphatic rings. The van der Waals surface area contributed by atoms with Crippen LogP contribution in [0.1, 0.15) is 11.3 Å². The van der Waals surface area contributed by atoms with E-state index < -0.39 is 0 Å². The van der Waals surface area contributed by atoms with Crippen LogP contribution in [0.25, 0.3) is 0 Å². The molecule has 5 nitrogen and oxygen atoms in total. The fraction of sp³-hybridized carbons (Fsp3) is 0.353. The van der Waals surface area contributed by atoms with E-state index >= 15 is 0 Å². The number of benzene rings is 1. The van der Waals surface area contributed by atoms with Crippen molar-refractivity contribution in [2.75, 3.05) is 31.1 Å². The minimum absolute atomic E-state index is 0.199. The molecule has 0 N–H and O–H groups in total. The van der Waals surface area contributed by atoms with Crippen LogP contribution in [0.15, 0.2) is 42.7 Å². The van der Waals surface area contributed by atoms with Crippen molar-refractivity contribution in [1.82, 2.24) is 14.9 Å². The zero-order valence-corrected chi connectivity index (χ0v) is 12.8. The smallest absolute Gasteiger partial charge is 0.227 e. The summed E-state index contributed by atoms with van der Waals surface area (Å²) >= 11 is 0. The van der Waals surface area contributed by atoms with Crippen molar-refractivity contribution in [2.45, 2.75) is 13.3 Å². The maximum atomic E-state index is 12.3. The van der Waals surface area contributed by atoms with E-state index in [0.717, 1.165) is 43.3 Å². The molecule has 0 atom stereocenters.